The fourth-order valence-corrected chi connectivity index (χ4v) is 3.88. The van der Waals surface area contributed by atoms with E-state index in [9.17, 15) is 9.59 Å². The summed E-state index contributed by atoms with van der Waals surface area (Å²) in [7, 11) is 1.57. The number of carbonyl (C=O) groups excluding carboxylic acids is 2. The molecule has 0 saturated carbocycles. The summed E-state index contributed by atoms with van der Waals surface area (Å²) >= 11 is 12.4. The quantitative estimate of drug-likeness (QED) is 0.690. The first-order valence-electron chi connectivity index (χ1n) is 9.07. The first-order chi connectivity index (χ1) is 14.0. The predicted octanol–water partition coefficient (Wildman–Crippen LogP) is 3.62. The van der Waals surface area contributed by atoms with Crippen LogP contribution in [0, 0.1) is 0 Å². The maximum absolute atomic E-state index is 13.4. The number of methoxy groups -OCH3 is 1. The number of hydrogen-bond acceptors (Lipinski definition) is 5. The van der Waals surface area contributed by atoms with Crippen LogP contribution in [0.4, 0.5) is 5.69 Å². The second-order valence-electron chi connectivity index (χ2n) is 6.57. The number of benzene rings is 2. The van der Waals surface area contributed by atoms with Crippen LogP contribution in [0.15, 0.2) is 48.2 Å². The van der Waals surface area contributed by atoms with Crippen LogP contribution in [0.1, 0.15) is 5.56 Å². The van der Waals surface area contributed by atoms with Crippen molar-refractivity contribution in [3.8, 4) is 5.75 Å². The van der Waals surface area contributed by atoms with Crippen LogP contribution in [-0.4, -0.2) is 50.1 Å². The molecule has 1 saturated heterocycles. The molecule has 0 aromatic heterocycles. The number of morpholine rings is 1. The molecule has 6 nitrogen and oxygen atoms in total. The summed E-state index contributed by atoms with van der Waals surface area (Å²) in [4.78, 5) is 29.9. The highest BCUT2D eigenvalue weighted by atomic mass is 35.5. The van der Waals surface area contributed by atoms with Gasteiger partial charge >= 0.3 is 0 Å². The summed E-state index contributed by atoms with van der Waals surface area (Å²) < 4.78 is 10.6. The molecule has 0 radical (unpaired) electrons. The number of carbonyl (C=O) groups is 2. The van der Waals surface area contributed by atoms with Crippen molar-refractivity contribution in [1.82, 2.24) is 4.90 Å². The van der Waals surface area contributed by atoms with Crippen molar-refractivity contribution in [2.24, 2.45) is 0 Å². The molecule has 150 valence electrons. The Bertz CT molecular complexity index is 998. The first-order valence-corrected chi connectivity index (χ1v) is 9.82. The van der Waals surface area contributed by atoms with E-state index in [1.54, 1.807) is 49.6 Å². The van der Waals surface area contributed by atoms with Gasteiger partial charge in [-0.3, -0.25) is 9.59 Å². The van der Waals surface area contributed by atoms with E-state index >= 15 is 0 Å². The molecular formula is C21H18Cl2N2O4. The van der Waals surface area contributed by atoms with Crippen LogP contribution < -0.4 is 9.64 Å². The van der Waals surface area contributed by atoms with Crippen molar-refractivity contribution in [3.05, 3.63) is 63.8 Å². The van der Waals surface area contributed by atoms with Gasteiger partial charge in [0, 0.05) is 13.1 Å². The lowest BCUT2D eigenvalue weighted by molar-refractivity contribution is -0.121. The van der Waals surface area contributed by atoms with E-state index in [0.717, 1.165) is 4.90 Å². The SMILES string of the molecule is COc1ccc(C2=C(N3CCOCC3)C(=O)N(c3cccc(Cl)c3Cl)C2=O)cc1. The Morgan fingerprint density at radius 1 is 0.966 bits per heavy atom. The topological polar surface area (TPSA) is 59.1 Å². The number of rotatable bonds is 4. The summed E-state index contributed by atoms with van der Waals surface area (Å²) in [6.45, 7) is 2.01. The van der Waals surface area contributed by atoms with Gasteiger partial charge in [0.05, 0.1) is 41.6 Å². The van der Waals surface area contributed by atoms with E-state index in [0.29, 0.717) is 48.9 Å². The van der Waals surface area contributed by atoms with Gasteiger partial charge in [0.25, 0.3) is 11.8 Å². The van der Waals surface area contributed by atoms with E-state index < -0.39 is 11.8 Å². The number of hydrogen-bond donors (Lipinski definition) is 0. The third-order valence-electron chi connectivity index (χ3n) is 4.94. The zero-order chi connectivity index (χ0) is 20.5. The zero-order valence-electron chi connectivity index (χ0n) is 15.7. The highest BCUT2D eigenvalue weighted by Gasteiger charge is 2.43. The monoisotopic (exact) mass is 432 g/mol. The van der Waals surface area contributed by atoms with Crippen LogP contribution in [-0.2, 0) is 14.3 Å². The normalized spacial score (nSPS) is 17.3. The number of halogens is 2. The average molecular weight is 433 g/mol. The van der Waals surface area contributed by atoms with E-state index in [1.165, 1.54) is 0 Å². The molecule has 0 spiro atoms. The number of amides is 2. The molecule has 2 aromatic rings. The molecule has 4 rings (SSSR count). The molecule has 29 heavy (non-hydrogen) atoms. The van der Waals surface area contributed by atoms with Crippen molar-refractivity contribution >= 4 is 46.3 Å². The molecule has 2 aliphatic heterocycles. The Kier molecular flexibility index (Phi) is 5.50. The predicted molar refractivity (Wildman–Crippen MR) is 111 cm³/mol. The van der Waals surface area contributed by atoms with Gasteiger partial charge in [-0.25, -0.2) is 4.90 Å². The van der Waals surface area contributed by atoms with Gasteiger partial charge in [-0.1, -0.05) is 41.4 Å². The Balaban J connectivity index is 1.84. The molecule has 0 unspecified atom stereocenters. The Labute approximate surface area is 178 Å². The van der Waals surface area contributed by atoms with Crippen molar-refractivity contribution in [1.29, 1.82) is 0 Å². The van der Waals surface area contributed by atoms with E-state index in [2.05, 4.69) is 0 Å². The van der Waals surface area contributed by atoms with Gasteiger partial charge < -0.3 is 14.4 Å². The molecule has 2 aromatic carbocycles. The molecule has 0 N–H and O–H groups in total. The minimum absolute atomic E-state index is 0.160. The zero-order valence-corrected chi connectivity index (χ0v) is 17.2. The number of imide groups is 1. The lowest BCUT2D eigenvalue weighted by Gasteiger charge is -2.29. The second-order valence-corrected chi connectivity index (χ2v) is 7.36. The largest absolute Gasteiger partial charge is 0.497 e. The molecule has 1 fully saturated rings. The fraction of sp³-hybridized carbons (Fsp3) is 0.238. The highest BCUT2D eigenvalue weighted by molar-refractivity contribution is 6.49. The molecule has 0 bridgehead atoms. The van der Waals surface area contributed by atoms with Crippen molar-refractivity contribution in [3.63, 3.8) is 0 Å². The number of anilines is 1. The van der Waals surface area contributed by atoms with Crippen molar-refractivity contribution in [2.75, 3.05) is 38.3 Å². The fourth-order valence-electron chi connectivity index (χ4n) is 3.50. The molecular weight excluding hydrogens is 415 g/mol. The number of nitrogens with zero attached hydrogens (tertiary/aromatic N) is 2. The molecule has 2 aliphatic rings. The standard InChI is InChI=1S/C21H18Cl2N2O4/c1-28-14-7-5-13(6-8-14)17-19(24-9-11-29-12-10-24)21(27)25(20(17)26)16-4-2-3-15(22)18(16)23/h2-8H,9-12H2,1H3. The Hall–Kier alpha value is -2.54. The van der Waals surface area contributed by atoms with E-state index in [4.69, 9.17) is 32.7 Å². The van der Waals surface area contributed by atoms with Crippen molar-refractivity contribution < 1.29 is 19.1 Å². The Morgan fingerprint density at radius 3 is 2.31 bits per heavy atom. The van der Waals surface area contributed by atoms with Gasteiger partial charge in [-0.15, -0.1) is 0 Å². The third kappa shape index (κ3) is 3.48. The summed E-state index contributed by atoms with van der Waals surface area (Å²) in [5.41, 5.74) is 1.57. The molecule has 8 heteroatoms. The minimum atomic E-state index is -0.439. The lowest BCUT2D eigenvalue weighted by Crippen LogP contribution is -2.40. The van der Waals surface area contributed by atoms with Gasteiger partial charge in [0.2, 0.25) is 0 Å². The summed E-state index contributed by atoms with van der Waals surface area (Å²) in [6.07, 6.45) is 0. The summed E-state index contributed by atoms with van der Waals surface area (Å²) in [5.74, 6) is -0.202. The lowest BCUT2D eigenvalue weighted by atomic mass is 10.0. The van der Waals surface area contributed by atoms with Crippen LogP contribution in [0.3, 0.4) is 0 Å². The minimum Gasteiger partial charge on any atom is -0.497 e. The van der Waals surface area contributed by atoms with Crippen LogP contribution in [0.5, 0.6) is 5.75 Å². The molecule has 0 atom stereocenters. The van der Waals surface area contributed by atoms with E-state index in [1.807, 2.05) is 4.90 Å². The van der Waals surface area contributed by atoms with Crippen LogP contribution >= 0.6 is 23.2 Å². The Morgan fingerprint density at radius 2 is 1.66 bits per heavy atom. The van der Waals surface area contributed by atoms with Crippen LogP contribution in [0.25, 0.3) is 5.57 Å². The molecule has 2 heterocycles. The first kappa shape index (κ1) is 19.8. The van der Waals surface area contributed by atoms with Gasteiger partial charge in [-0.2, -0.15) is 0 Å². The average Bonchev–Trinajstić information content (AvgIpc) is 3.01. The molecule has 0 aliphatic carbocycles. The maximum Gasteiger partial charge on any atom is 0.282 e. The summed E-state index contributed by atoms with van der Waals surface area (Å²) in [5, 5.41) is 0.434. The number of ether oxygens (including phenoxy) is 2. The smallest absolute Gasteiger partial charge is 0.282 e. The van der Waals surface area contributed by atoms with Gasteiger partial charge in [0.15, 0.2) is 0 Å². The maximum atomic E-state index is 13.4. The van der Waals surface area contributed by atoms with Crippen LogP contribution in [0.2, 0.25) is 10.0 Å². The van der Waals surface area contributed by atoms with Crippen molar-refractivity contribution in [2.45, 2.75) is 0 Å². The highest BCUT2D eigenvalue weighted by Crippen LogP contribution is 2.40. The van der Waals surface area contributed by atoms with E-state index in [-0.39, 0.29) is 15.7 Å². The summed E-state index contributed by atoms with van der Waals surface area (Å²) in [6, 6.07) is 11.9. The molecule has 2 amide bonds. The van der Waals surface area contributed by atoms with Gasteiger partial charge in [-0.05, 0) is 29.8 Å². The second kappa shape index (κ2) is 8.06. The third-order valence-corrected chi connectivity index (χ3v) is 5.75. The van der Waals surface area contributed by atoms with Gasteiger partial charge in [0.1, 0.15) is 11.4 Å².